The number of ether oxygens (including phenoxy) is 1. The third-order valence-corrected chi connectivity index (χ3v) is 6.40. The monoisotopic (exact) mass is 455 g/mol. The van der Waals surface area contributed by atoms with Gasteiger partial charge in [0.2, 0.25) is 0 Å². The average Bonchev–Trinajstić information content (AvgIpc) is 2.87. The summed E-state index contributed by atoms with van der Waals surface area (Å²) in [4.78, 5) is 25.8. The van der Waals surface area contributed by atoms with E-state index in [1.54, 1.807) is 6.92 Å². The number of carbonyl (C=O) groups excluding carboxylic acids is 1. The van der Waals surface area contributed by atoms with Gasteiger partial charge in [0.25, 0.3) is 0 Å². The summed E-state index contributed by atoms with van der Waals surface area (Å²) in [6.45, 7) is 1.91. The second-order valence-electron chi connectivity index (χ2n) is 8.76. The van der Waals surface area contributed by atoms with E-state index in [1.807, 2.05) is 60.7 Å². The highest BCUT2D eigenvalue weighted by Crippen LogP contribution is 2.38. The van der Waals surface area contributed by atoms with Gasteiger partial charge >= 0.3 is 11.9 Å². The first kappa shape index (κ1) is 23.4. The zero-order valence-corrected chi connectivity index (χ0v) is 19.3. The number of rotatable bonds is 5. The Kier molecular flexibility index (Phi) is 7.49. The van der Waals surface area contributed by atoms with Gasteiger partial charge in [-0.05, 0) is 43.4 Å². The van der Waals surface area contributed by atoms with E-state index in [2.05, 4.69) is 17.2 Å². The number of esters is 1. The van der Waals surface area contributed by atoms with Gasteiger partial charge in [0.15, 0.2) is 0 Å². The van der Waals surface area contributed by atoms with Crippen LogP contribution in [0.15, 0.2) is 83.2 Å². The Labute approximate surface area is 200 Å². The number of carboxylic acid groups (broad SMARTS) is 1. The molecule has 2 aliphatic rings. The second kappa shape index (κ2) is 10.9. The molecule has 0 spiro atoms. The number of benzene rings is 2. The maximum atomic E-state index is 13.3. The Hall–Kier alpha value is -3.78. The van der Waals surface area contributed by atoms with Gasteiger partial charge in [-0.2, -0.15) is 0 Å². The molecule has 2 N–H and O–H groups in total. The molecule has 2 aromatic rings. The van der Waals surface area contributed by atoms with Gasteiger partial charge in [-0.25, -0.2) is 9.59 Å². The fourth-order valence-corrected chi connectivity index (χ4v) is 4.70. The Morgan fingerprint density at radius 2 is 1.62 bits per heavy atom. The molecule has 5 nitrogen and oxygen atoms in total. The lowest BCUT2D eigenvalue weighted by atomic mass is 9.78. The molecule has 0 saturated heterocycles. The first-order valence-electron chi connectivity index (χ1n) is 11.8. The van der Waals surface area contributed by atoms with Gasteiger partial charge in [0.1, 0.15) is 6.61 Å². The number of aliphatic carboxylic acids is 1. The highest BCUT2D eigenvalue weighted by atomic mass is 16.5. The summed E-state index contributed by atoms with van der Waals surface area (Å²) in [5.41, 5.74) is 3.35. The summed E-state index contributed by atoms with van der Waals surface area (Å²) < 4.78 is 5.61. The molecule has 0 aromatic heterocycles. The van der Waals surface area contributed by atoms with Crippen molar-refractivity contribution >= 4 is 11.9 Å². The molecule has 5 heteroatoms. The van der Waals surface area contributed by atoms with Gasteiger partial charge in [0.05, 0.1) is 17.1 Å². The lowest BCUT2D eigenvalue weighted by Crippen LogP contribution is -2.36. The molecule has 1 saturated carbocycles. The summed E-state index contributed by atoms with van der Waals surface area (Å²) in [6, 6.07) is 18.8. The lowest BCUT2D eigenvalue weighted by Gasteiger charge is -2.33. The van der Waals surface area contributed by atoms with Crippen LogP contribution in [0.5, 0.6) is 0 Å². The first-order chi connectivity index (χ1) is 16.5. The van der Waals surface area contributed by atoms with E-state index in [0.717, 1.165) is 43.2 Å². The number of carboxylic acids is 1. The second-order valence-corrected chi connectivity index (χ2v) is 8.76. The van der Waals surface area contributed by atoms with E-state index in [4.69, 9.17) is 4.74 Å². The minimum atomic E-state index is -1.05. The zero-order chi connectivity index (χ0) is 23.9. The van der Waals surface area contributed by atoms with Crippen molar-refractivity contribution in [3.8, 4) is 11.8 Å². The fraction of sp³-hybridized carbons (Fsp3) is 0.310. The topological polar surface area (TPSA) is 75.6 Å². The van der Waals surface area contributed by atoms with Gasteiger partial charge in [0, 0.05) is 17.0 Å². The Balaban J connectivity index is 1.72. The molecular formula is C29H29NO4. The number of carbonyl (C=O) groups is 2. The molecule has 34 heavy (non-hydrogen) atoms. The molecular weight excluding hydrogens is 426 g/mol. The molecule has 0 bridgehead atoms. The number of dihydropyridines is 1. The molecule has 1 aliphatic carbocycles. The molecule has 1 heterocycles. The van der Waals surface area contributed by atoms with Crippen molar-refractivity contribution in [3.63, 3.8) is 0 Å². The highest BCUT2D eigenvalue weighted by molar-refractivity contribution is 5.98. The summed E-state index contributed by atoms with van der Waals surface area (Å²) in [6.07, 6.45) is 5.16. The number of hydrogen-bond donors (Lipinski definition) is 2. The van der Waals surface area contributed by atoms with E-state index < -0.39 is 17.9 Å². The zero-order valence-electron chi connectivity index (χ0n) is 19.3. The van der Waals surface area contributed by atoms with E-state index in [9.17, 15) is 14.7 Å². The Morgan fingerprint density at radius 3 is 2.26 bits per heavy atom. The van der Waals surface area contributed by atoms with E-state index >= 15 is 0 Å². The number of nitrogens with one attached hydrogen (secondary N) is 1. The van der Waals surface area contributed by atoms with Crippen molar-refractivity contribution in [2.45, 2.75) is 45.6 Å². The molecule has 0 amide bonds. The Bertz CT molecular complexity index is 1160. The molecule has 1 aliphatic heterocycles. The summed E-state index contributed by atoms with van der Waals surface area (Å²) in [5.74, 6) is 3.83. The van der Waals surface area contributed by atoms with Gasteiger partial charge in [-0.15, -0.1) is 0 Å². The third kappa shape index (κ3) is 5.40. The van der Waals surface area contributed by atoms with Crippen LogP contribution in [-0.4, -0.2) is 17.0 Å². The van der Waals surface area contributed by atoms with Crippen LogP contribution in [0.3, 0.4) is 0 Å². The largest absolute Gasteiger partial charge is 0.478 e. The molecule has 1 fully saturated rings. The smallest absolute Gasteiger partial charge is 0.337 e. The van der Waals surface area contributed by atoms with Crippen LogP contribution < -0.4 is 5.32 Å². The summed E-state index contributed by atoms with van der Waals surface area (Å²) in [7, 11) is 0. The predicted octanol–water partition coefficient (Wildman–Crippen LogP) is 5.19. The standard InChI is InChI=1S/C29H29NO4/c1-20-25(29(33)34-19-22-13-7-3-8-14-22)24(18-17-21-11-5-2-6-12-21)26(28(31)32)27(30-20)23-15-9-4-10-16-23/h2-3,5-8,11-14,23-24,30H,4,9-10,15-16,19H2,1H3,(H,31,32). The van der Waals surface area contributed by atoms with Gasteiger partial charge in [-0.1, -0.05) is 79.6 Å². The van der Waals surface area contributed by atoms with Crippen LogP contribution in [0.4, 0.5) is 0 Å². The van der Waals surface area contributed by atoms with Crippen LogP contribution in [0.2, 0.25) is 0 Å². The molecule has 1 unspecified atom stereocenters. The maximum Gasteiger partial charge on any atom is 0.337 e. The van der Waals surface area contributed by atoms with Crippen molar-refractivity contribution in [2.24, 2.45) is 11.8 Å². The normalized spacial score (nSPS) is 18.6. The van der Waals surface area contributed by atoms with E-state index in [0.29, 0.717) is 11.4 Å². The van der Waals surface area contributed by atoms with E-state index in [-0.39, 0.29) is 23.7 Å². The predicted molar refractivity (Wildman–Crippen MR) is 130 cm³/mol. The van der Waals surface area contributed by atoms with Crippen molar-refractivity contribution < 1.29 is 19.4 Å². The van der Waals surface area contributed by atoms with Crippen LogP contribution in [0.1, 0.15) is 50.2 Å². The lowest BCUT2D eigenvalue weighted by molar-refractivity contribution is -0.140. The van der Waals surface area contributed by atoms with Crippen molar-refractivity contribution in [1.82, 2.24) is 5.32 Å². The molecule has 4 rings (SSSR count). The SMILES string of the molecule is CC1=C(C(=O)OCc2ccccc2)C(C#Cc2ccccc2)C(C(=O)O)=C(C2CCCCC2)N1. The molecule has 2 aromatic carbocycles. The molecule has 174 valence electrons. The highest BCUT2D eigenvalue weighted by Gasteiger charge is 2.38. The molecule has 0 radical (unpaired) electrons. The minimum Gasteiger partial charge on any atom is -0.478 e. The summed E-state index contributed by atoms with van der Waals surface area (Å²) in [5, 5.41) is 13.5. The van der Waals surface area contributed by atoms with Crippen LogP contribution in [0.25, 0.3) is 0 Å². The van der Waals surface area contributed by atoms with Crippen molar-refractivity contribution in [1.29, 1.82) is 0 Å². The van der Waals surface area contributed by atoms with Crippen molar-refractivity contribution in [2.75, 3.05) is 0 Å². The van der Waals surface area contributed by atoms with E-state index in [1.165, 1.54) is 0 Å². The number of allylic oxidation sites excluding steroid dienone is 2. The van der Waals surface area contributed by atoms with Crippen LogP contribution in [-0.2, 0) is 20.9 Å². The maximum absolute atomic E-state index is 13.3. The van der Waals surface area contributed by atoms with Gasteiger partial charge < -0.3 is 15.2 Å². The minimum absolute atomic E-state index is 0.108. The summed E-state index contributed by atoms with van der Waals surface area (Å²) >= 11 is 0. The van der Waals surface area contributed by atoms with Crippen LogP contribution >= 0.6 is 0 Å². The quantitative estimate of drug-likeness (QED) is 0.479. The average molecular weight is 456 g/mol. The van der Waals surface area contributed by atoms with Gasteiger partial charge in [-0.3, -0.25) is 0 Å². The van der Waals surface area contributed by atoms with Crippen LogP contribution in [0, 0.1) is 23.7 Å². The third-order valence-electron chi connectivity index (χ3n) is 6.40. The Morgan fingerprint density at radius 1 is 0.971 bits per heavy atom. The fourth-order valence-electron chi connectivity index (χ4n) is 4.70. The first-order valence-corrected chi connectivity index (χ1v) is 11.8. The number of hydrogen-bond acceptors (Lipinski definition) is 4. The molecule has 1 atom stereocenters. The van der Waals surface area contributed by atoms with Crippen molar-refractivity contribution in [3.05, 3.63) is 94.3 Å².